The number of aromatic nitrogens is 2. The van der Waals surface area contributed by atoms with Crippen molar-refractivity contribution >= 4 is 17.5 Å². The van der Waals surface area contributed by atoms with Crippen LogP contribution < -0.4 is 20.1 Å². The Morgan fingerprint density at radius 1 is 1.00 bits per heavy atom. The normalized spacial score (nSPS) is 10.1. The molecule has 2 aromatic carbocycles. The average Bonchev–Trinajstić information content (AvgIpc) is 2.77. The van der Waals surface area contributed by atoms with Crippen LogP contribution in [0.15, 0.2) is 67.1 Å². The highest BCUT2D eigenvalue weighted by atomic mass is 16.5. The van der Waals surface area contributed by atoms with Gasteiger partial charge in [0.05, 0.1) is 13.3 Å². The van der Waals surface area contributed by atoms with Crippen molar-refractivity contribution in [2.75, 3.05) is 12.4 Å². The van der Waals surface area contributed by atoms with E-state index in [-0.39, 0.29) is 18.1 Å². The van der Waals surface area contributed by atoms with Gasteiger partial charge in [-0.2, -0.15) is 4.98 Å². The van der Waals surface area contributed by atoms with Crippen molar-refractivity contribution in [3.05, 3.63) is 78.2 Å². The molecule has 0 fully saturated rings. The Labute approximate surface area is 167 Å². The van der Waals surface area contributed by atoms with Crippen molar-refractivity contribution < 1.29 is 19.1 Å². The fraction of sp³-hybridized carbons (Fsp3) is 0.143. The number of hydrogen-bond donors (Lipinski definition) is 2. The summed E-state index contributed by atoms with van der Waals surface area (Å²) in [6.45, 7) is 0.622. The van der Waals surface area contributed by atoms with Gasteiger partial charge in [-0.3, -0.25) is 9.59 Å². The van der Waals surface area contributed by atoms with Gasteiger partial charge in [-0.05, 0) is 23.3 Å². The quantitative estimate of drug-likeness (QED) is 0.598. The third-order valence-electron chi connectivity index (χ3n) is 3.92. The lowest BCUT2D eigenvalue weighted by Gasteiger charge is -2.10. The molecule has 1 aromatic heterocycles. The lowest BCUT2D eigenvalue weighted by atomic mass is 10.2. The molecule has 0 radical (unpaired) electrons. The van der Waals surface area contributed by atoms with Gasteiger partial charge in [0.2, 0.25) is 5.88 Å². The fourth-order valence-corrected chi connectivity index (χ4v) is 2.49. The molecule has 148 valence electrons. The molecule has 0 bridgehead atoms. The fourth-order valence-electron chi connectivity index (χ4n) is 2.49. The Kier molecular flexibility index (Phi) is 6.72. The summed E-state index contributed by atoms with van der Waals surface area (Å²) >= 11 is 0. The zero-order chi connectivity index (χ0) is 20.5. The number of anilines is 1. The summed E-state index contributed by atoms with van der Waals surface area (Å²) in [4.78, 5) is 31.8. The van der Waals surface area contributed by atoms with Gasteiger partial charge in [0.1, 0.15) is 24.4 Å². The third-order valence-corrected chi connectivity index (χ3v) is 3.92. The molecule has 8 nitrogen and oxygen atoms in total. The van der Waals surface area contributed by atoms with Crippen molar-refractivity contribution in [1.29, 1.82) is 0 Å². The number of hydrogen-bond acceptors (Lipinski definition) is 6. The number of rotatable bonds is 7. The van der Waals surface area contributed by atoms with Gasteiger partial charge in [-0.25, -0.2) is 4.98 Å². The van der Waals surface area contributed by atoms with E-state index in [0.717, 1.165) is 11.1 Å². The minimum Gasteiger partial charge on any atom is -0.489 e. The summed E-state index contributed by atoms with van der Waals surface area (Å²) in [5, 5.41) is 4.99. The highest BCUT2D eigenvalue weighted by Crippen LogP contribution is 2.18. The first-order valence-corrected chi connectivity index (χ1v) is 8.84. The molecule has 0 aliphatic rings. The Balaban J connectivity index is 1.52. The largest absolute Gasteiger partial charge is 0.489 e. The van der Waals surface area contributed by atoms with E-state index in [0.29, 0.717) is 12.4 Å². The topological polar surface area (TPSA) is 102 Å². The van der Waals surface area contributed by atoms with Crippen LogP contribution in [-0.4, -0.2) is 28.9 Å². The number of ether oxygens (including phenoxy) is 2. The number of benzene rings is 2. The average molecular weight is 392 g/mol. The van der Waals surface area contributed by atoms with Crippen molar-refractivity contribution in [2.24, 2.45) is 0 Å². The van der Waals surface area contributed by atoms with Crippen LogP contribution in [0.25, 0.3) is 0 Å². The minimum atomic E-state index is -0.838. The molecule has 0 saturated carbocycles. The minimum absolute atomic E-state index is 0.171. The molecule has 2 N–H and O–H groups in total. The van der Waals surface area contributed by atoms with Gasteiger partial charge >= 0.3 is 11.8 Å². The maximum Gasteiger partial charge on any atom is 0.313 e. The molecular formula is C21H20N4O4. The van der Waals surface area contributed by atoms with Gasteiger partial charge in [-0.15, -0.1) is 0 Å². The van der Waals surface area contributed by atoms with Crippen LogP contribution in [-0.2, 0) is 22.7 Å². The highest BCUT2D eigenvalue weighted by Gasteiger charge is 2.16. The second-order valence-electron chi connectivity index (χ2n) is 6.00. The van der Waals surface area contributed by atoms with Gasteiger partial charge in [0.15, 0.2) is 0 Å². The molecule has 0 saturated heterocycles. The smallest absolute Gasteiger partial charge is 0.313 e. The van der Waals surface area contributed by atoms with Gasteiger partial charge < -0.3 is 20.1 Å². The van der Waals surface area contributed by atoms with Crippen molar-refractivity contribution in [2.45, 2.75) is 13.2 Å². The summed E-state index contributed by atoms with van der Waals surface area (Å²) in [5.41, 5.74) is 2.08. The molecule has 1 heterocycles. The van der Waals surface area contributed by atoms with Crippen LogP contribution in [0.4, 0.5) is 5.69 Å². The molecule has 0 atom stereocenters. The molecule has 0 aliphatic carbocycles. The zero-order valence-electron chi connectivity index (χ0n) is 15.8. The van der Waals surface area contributed by atoms with Crippen LogP contribution in [0.2, 0.25) is 0 Å². The number of carbonyl (C=O) groups is 2. The summed E-state index contributed by atoms with van der Waals surface area (Å²) in [5.74, 6) is -0.776. The van der Waals surface area contributed by atoms with E-state index in [1.807, 2.05) is 54.6 Å². The van der Waals surface area contributed by atoms with Gasteiger partial charge in [0.25, 0.3) is 0 Å². The summed E-state index contributed by atoms with van der Waals surface area (Å²) in [7, 11) is 1.41. The summed E-state index contributed by atoms with van der Waals surface area (Å²) in [6, 6.07) is 17.1. The van der Waals surface area contributed by atoms with Crippen LogP contribution >= 0.6 is 0 Å². The van der Waals surface area contributed by atoms with E-state index in [1.54, 1.807) is 0 Å². The van der Waals surface area contributed by atoms with E-state index >= 15 is 0 Å². The van der Waals surface area contributed by atoms with Gasteiger partial charge in [0, 0.05) is 6.54 Å². The SMILES string of the molecule is COc1ncncc1NC(=O)C(=O)NCc1cccc(OCc2ccccc2)c1. The lowest BCUT2D eigenvalue weighted by molar-refractivity contribution is -0.136. The number of methoxy groups -OCH3 is 1. The molecule has 3 rings (SSSR count). The van der Waals surface area contributed by atoms with E-state index in [2.05, 4.69) is 20.6 Å². The molecule has 0 spiro atoms. The Morgan fingerprint density at radius 2 is 1.79 bits per heavy atom. The predicted octanol–water partition coefficient (Wildman–Crippen LogP) is 2.32. The molecular weight excluding hydrogens is 372 g/mol. The Bertz CT molecular complexity index is 979. The van der Waals surface area contributed by atoms with Crippen LogP contribution in [0.3, 0.4) is 0 Å². The molecule has 0 aliphatic heterocycles. The van der Waals surface area contributed by atoms with Crippen molar-refractivity contribution in [1.82, 2.24) is 15.3 Å². The first kappa shape index (κ1) is 19.8. The van der Waals surface area contributed by atoms with Crippen molar-refractivity contribution in [3.8, 4) is 11.6 Å². The summed E-state index contributed by atoms with van der Waals surface area (Å²) in [6.07, 6.45) is 2.63. The van der Waals surface area contributed by atoms with Crippen LogP contribution in [0.5, 0.6) is 11.6 Å². The van der Waals surface area contributed by atoms with E-state index in [1.165, 1.54) is 19.6 Å². The highest BCUT2D eigenvalue weighted by molar-refractivity contribution is 6.39. The maximum atomic E-state index is 12.1. The number of carbonyl (C=O) groups excluding carboxylic acids is 2. The number of nitrogens with one attached hydrogen (secondary N) is 2. The van der Waals surface area contributed by atoms with Crippen molar-refractivity contribution in [3.63, 3.8) is 0 Å². The molecule has 0 unspecified atom stereocenters. The van der Waals surface area contributed by atoms with E-state index in [9.17, 15) is 9.59 Å². The van der Waals surface area contributed by atoms with Crippen LogP contribution in [0, 0.1) is 0 Å². The first-order valence-electron chi connectivity index (χ1n) is 8.84. The predicted molar refractivity (Wildman–Crippen MR) is 106 cm³/mol. The number of nitrogens with zero attached hydrogens (tertiary/aromatic N) is 2. The molecule has 8 heteroatoms. The third kappa shape index (κ3) is 5.77. The maximum absolute atomic E-state index is 12.1. The second-order valence-corrected chi connectivity index (χ2v) is 6.00. The van der Waals surface area contributed by atoms with E-state index in [4.69, 9.17) is 9.47 Å². The number of amides is 2. The zero-order valence-corrected chi connectivity index (χ0v) is 15.8. The molecule has 3 aromatic rings. The second kappa shape index (κ2) is 9.84. The Morgan fingerprint density at radius 3 is 2.59 bits per heavy atom. The monoisotopic (exact) mass is 392 g/mol. The van der Waals surface area contributed by atoms with Gasteiger partial charge in [-0.1, -0.05) is 42.5 Å². The molecule has 29 heavy (non-hydrogen) atoms. The van der Waals surface area contributed by atoms with E-state index < -0.39 is 11.8 Å². The van der Waals surface area contributed by atoms with Crippen LogP contribution in [0.1, 0.15) is 11.1 Å². The Hall–Kier alpha value is -3.94. The first-order chi connectivity index (χ1) is 14.2. The standard InChI is InChI=1S/C21H20N4O4/c1-28-21-18(12-22-14-24-21)25-20(27)19(26)23-11-16-8-5-9-17(10-16)29-13-15-6-3-2-4-7-15/h2-10,12,14H,11,13H2,1H3,(H,23,26)(H,25,27). The molecule has 2 amide bonds. The lowest BCUT2D eigenvalue weighted by Crippen LogP contribution is -2.35. The summed E-state index contributed by atoms with van der Waals surface area (Å²) < 4.78 is 10.8.